The Labute approximate surface area is 161 Å². The molecule has 3 rings (SSSR count). The second kappa shape index (κ2) is 7.34. The van der Waals surface area contributed by atoms with Crippen LogP contribution in [-0.2, 0) is 9.84 Å². The van der Waals surface area contributed by atoms with Crippen molar-refractivity contribution in [2.45, 2.75) is 14.8 Å². The molecule has 8 heteroatoms. The molecule has 0 atom stereocenters. The Morgan fingerprint density at radius 3 is 2.42 bits per heavy atom. The third-order valence-corrected chi connectivity index (χ3v) is 6.32. The van der Waals surface area contributed by atoms with E-state index in [0.717, 1.165) is 21.4 Å². The molecule has 136 valence electrons. The number of aromatic nitrogens is 1. The Morgan fingerprint density at radius 1 is 1.04 bits per heavy atom. The molecule has 1 heterocycles. The van der Waals surface area contributed by atoms with Gasteiger partial charge in [0.05, 0.1) is 29.7 Å². The molecule has 3 aromatic rings. The van der Waals surface area contributed by atoms with Gasteiger partial charge >= 0.3 is 0 Å². The summed E-state index contributed by atoms with van der Waals surface area (Å²) in [5, 5.41) is 1.37. The van der Waals surface area contributed by atoms with E-state index in [1.807, 2.05) is 12.1 Å². The van der Waals surface area contributed by atoms with Gasteiger partial charge in [0.15, 0.2) is 14.9 Å². The number of hydrogen-bond acceptors (Lipinski definition) is 6. The van der Waals surface area contributed by atoms with Gasteiger partial charge in [0.1, 0.15) is 11.5 Å². The molecular formula is C18H16ClNO4S2. The van der Waals surface area contributed by atoms with Gasteiger partial charge in [0.2, 0.25) is 0 Å². The van der Waals surface area contributed by atoms with Crippen LogP contribution < -0.4 is 9.47 Å². The maximum absolute atomic E-state index is 11.8. The second-order valence-electron chi connectivity index (χ2n) is 5.48. The van der Waals surface area contributed by atoms with Crippen molar-refractivity contribution < 1.29 is 17.9 Å². The van der Waals surface area contributed by atoms with E-state index in [4.69, 9.17) is 21.1 Å². The highest BCUT2D eigenvalue weighted by Gasteiger charge is 2.16. The summed E-state index contributed by atoms with van der Waals surface area (Å²) in [7, 11) is -0.217. The summed E-state index contributed by atoms with van der Waals surface area (Å²) in [4.78, 5) is 5.90. The van der Waals surface area contributed by atoms with Crippen molar-refractivity contribution in [1.29, 1.82) is 0 Å². The summed E-state index contributed by atoms with van der Waals surface area (Å²) in [6.45, 7) is 0. The van der Waals surface area contributed by atoms with Gasteiger partial charge in [0, 0.05) is 16.5 Å². The standard InChI is InChI=1S/C18H16ClNO4S2/c1-23-11-4-8-16(13(19)10-11)25-18-12-5-9-17(26(3,21)22)20-14(12)6-7-15(18)24-2/h4-10H,1-3H3. The summed E-state index contributed by atoms with van der Waals surface area (Å²) >= 11 is 7.78. The largest absolute Gasteiger partial charge is 0.497 e. The molecule has 0 fully saturated rings. The summed E-state index contributed by atoms with van der Waals surface area (Å²) in [5.74, 6) is 1.33. The van der Waals surface area contributed by atoms with E-state index in [-0.39, 0.29) is 5.03 Å². The van der Waals surface area contributed by atoms with E-state index in [1.165, 1.54) is 17.8 Å². The molecule has 0 amide bonds. The Hall–Kier alpha value is -1.96. The first kappa shape index (κ1) is 18.8. The van der Waals surface area contributed by atoms with Crippen LogP contribution in [0.15, 0.2) is 57.3 Å². The van der Waals surface area contributed by atoms with Crippen molar-refractivity contribution in [3.8, 4) is 11.5 Å². The van der Waals surface area contributed by atoms with Crippen LogP contribution >= 0.6 is 23.4 Å². The number of hydrogen-bond donors (Lipinski definition) is 0. The average Bonchev–Trinajstić information content (AvgIpc) is 2.62. The minimum absolute atomic E-state index is 0.0357. The molecule has 5 nitrogen and oxygen atoms in total. The number of ether oxygens (including phenoxy) is 2. The first-order valence-corrected chi connectivity index (χ1v) is 10.6. The van der Waals surface area contributed by atoms with Crippen molar-refractivity contribution in [2.24, 2.45) is 0 Å². The Bertz CT molecular complexity index is 1080. The fourth-order valence-electron chi connectivity index (χ4n) is 2.41. The van der Waals surface area contributed by atoms with Gasteiger partial charge in [0.25, 0.3) is 0 Å². The average molecular weight is 410 g/mol. The maximum Gasteiger partial charge on any atom is 0.192 e. The minimum Gasteiger partial charge on any atom is -0.497 e. The molecular weight excluding hydrogens is 394 g/mol. The highest BCUT2D eigenvalue weighted by molar-refractivity contribution is 7.99. The molecule has 2 aromatic carbocycles. The molecule has 0 aliphatic heterocycles. The maximum atomic E-state index is 11.8. The van der Waals surface area contributed by atoms with E-state index in [0.29, 0.717) is 22.0 Å². The van der Waals surface area contributed by atoms with Crippen LogP contribution in [0.2, 0.25) is 5.02 Å². The van der Waals surface area contributed by atoms with Crippen LogP contribution in [0.1, 0.15) is 0 Å². The lowest BCUT2D eigenvalue weighted by atomic mass is 10.2. The summed E-state index contributed by atoms with van der Waals surface area (Å²) in [5.41, 5.74) is 0.570. The van der Waals surface area contributed by atoms with Gasteiger partial charge in [-0.15, -0.1) is 0 Å². The third kappa shape index (κ3) is 3.75. The van der Waals surface area contributed by atoms with Gasteiger partial charge in [-0.1, -0.05) is 23.4 Å². The summed E-state index contributed by atoms with van der Waals surface area (Å²) in [6.07, 6.45) is 1.14. The summed E-state index contributed by atoms with van der Waals surface area (Å²) in [6, 6.07) is 12.2. The molecule has 0 saturated heterocycles. The van der Waals surface area contributed by atoms with Gasteiger partial charge in [-0.2, -0.15) is 0 Å². The van der Waals surface area contributed by atoms with Crippen LogP contribution in [0.5, 0.6) is 11.5 Å². The van der Waals surface area contributed by atoms with Gasteiger partial charge in [-0.3, -0.25) is 0 Å². The van der Waals surface area contributed by atoms with E-state index in [9.17, 15) is 8.42 Å². The number of pyridine rings is 1. The minimum atomic E-state index is -3.38. The third-order valence-electron chi connectivity index (χ3n) is 3.71. The van der Waals surface area contributed by atoms with E-state index >= 15 is 0 Å². The predicted octanol–water partition coefficient (Wildman–Crippen LogP) is 4.46. The van der Waals surface area contributed by atoms with Gasteiger partial charge in [-0.25, -0.2) is 13.4 Å². The van der Waals surface area contributed by atoms with Gasteiger partial charge in [-0.05, 0) is 42.5 Å². The quantitative estimate of drug-likeness (QED) is 0.619. The highest BCUT2D eigenvalue weighted by atomic mass is 35.5. The lowest BCUT2D eigenvalue weighted by Crippen LogP contribution is -2.00. The molecule has 1 aromatic heterocycles. The Kier molecular flexibility index (Phi) is 5.32. The van der Waals surface area contributed by atoms with Crippen LogP contribution in [-0.4, -0.2) is 33.9 Å². The number of fused-ring (bicyclic) bond motifs is 1. The van der Waals surface area contributed by atoms with Crippen molar-refractivity contribution in [2.75, 3.05) is 20.5 Å². The van der Waals surface area contributed by atoms with E-state index in [2.05, 4.69) is 4.98 Å². The molecule has 0 radical (unpaired) electrons. The molecule has 0 aliphatic carbocycles. The highest BCUT2D eigenvalue weighted by Crippen LogP contribution is 2.43. The van der Waals surface area contributed by atoms with Crippen molar-refractivity contribution in [3.63, 3.8) is 0 Å². The van der Waals surface area contributed by atoms with Gasteiger partial charge < -0.3 is 9.47 Å². The smallest absolute Gasteiger partial charge is 0.192 e. The molecule has 0 spiro atoms. The number of halogens is 1. The van der Waals surface area contributed by atoms with Crippen LogP contribution in [0.3, 0.4) is 0 Å². The molecule has 0 N–H and O–H groups in total. The van der Waals surface area contributed by atoms with Crippen molar-refractivity contribution in [3.05, 3.63) is 47.5 Å². The topological polar surface area (TPSA) is 65.5 Å². The zero-order valence-corrected chi connectivity index (χ0v) is 16.7. The number of nitrogens with zero attached hydrogens (tertiary/aromatic N) is 1. The monoisotopic (exact) mass is 409 g/mol. The molecule has 0 aliphatic rings. The number of rotatable bonds is 5. The second-order valence-corrected chi connectivity index (χ2v) is 8.91. The lowest BCUT2D eigenvalue weighted by Gasteiger charge is -2.13. The Balaban J connectivity index is 2.14. The normalized spacial score (nSPS) is 11.5. The van der Waals surface area contributed by atoms with Crippen molar-refractivity contribution in [1.82, 2.24) is 4.98 Å². The molecule has 26 heavy (non-hydrogen) atoms. The zero-order chi connectivity index (χ0) is 18.9. The lowest BCUT2D eigenvalue weighted by molar-refractivity contribution is 0.406. The van der Waals surface area contributed by atoms with E-state index in [1.54, 1.807) is 38.5 Å². The van der Waals surface area contributed by atoms with Crippen molar-refractivity contribution >= 4 is 44.1 Å². The summed E-state index contributed by atoms with van der Waals surface area (Å²) < 4.78 is 34.2. The molecule has 0 unspecified atom stereocenters. The van der Waals surface area contributed by atoms with Crippen LogP contribution in [0.4, 0.5) is 0 Å². The molecule has 0 bridgehead atoms. The molecule has 0 saturated carbocycles. The Morgan fingerprint density at radius 2 is 1.81 bits per heavy atom. The van der Waals surface area contributed by atoms with E-state index < -0.39 is 9.84 Å². The fourth-order valence-corrected chi connectivity index (χ4v) is 4.32. The first-order valence-electron chi connectivity index (χ1n) is 7.52. The number of sulfone groups is 1. The predicted molar refractivity (Wildman–Crippen MR) is 104 cm³/mol. The first-order chi connectivity index (χ1) is 12.3. The fraction of sp³-hybridized carbons (Fsp3) is 0.167. The number of methoxy groups -OCH3 is 2. The number of benzene rings is 2. The van der Waals surface area contributed by atoms with Crippen LogP contribution in [0, 0.1) is 0 Å². The van der Waals surface area contributed by atoms with Crippen LogP contribution in [0.25, 0.3) is 10.9 Å². The zero-order valence-electron chi connectivity index (χ0n) is 14.3. The SMILES string of the molecule is COc1ccc(Sc2c(OC)ccc3nc(S(C)(=O)=O)ccc23)c(Cl)c1.